The van der Waals surface area contributed by atoms with Crippen LogP contribution in [-0.4, -0.2) is 25.6 Å². The Morgan fingerprint density at radius 1 is 1.30 bits per heavy atom. The normalized spacial score (nSPS) is 11.1. The smallest absolute Gasteiger partial charge is 0.257 e. The highest BCUT2D eigenvalue weighted by Crippen LogP contribution is 2.22. The van der Waals surface area contributed by atoms with E-state index in [1.165, 1.54) is 18.5 Å². The van der Waals surface area contributed by atoms with Crippen molar-refractivity contribution in [2.24, 2.45) is 0 Å². The van der Waals surface area contributed by atoms with Gasteiger partial charge in [0, 0.05) is 18.6 Å². The molecule has 2 aromatic rings. The first-order valence-corrected chi connectivity index (χ1v) is 7.48. The van der Waals surface area contributed by atoms with E-state index in [0.29, 0.717) is 0 Å². The SMILES string of the molecule is CS(=O)(=O)c1ccc(F)cc1NC(=O)c1cccnc1. The van der Waals surface area contributed by atoms with Crippen molar-refractivity contribution in [1.29, 1.82) is 0 Å². The number of anilines is 1. The van der Waals surface area contributed by atoms with Gasteiger partial charge in [-0.1, -0.05) is 0 Å². The van der Waals surface area contributed by atoms with Crippen LogP contribution >= 0.6 is 0 Å². The van der Waals surface area contributed by atoms with Gasteiger partial charge in [0.05, 0.1) is 16.1 Å². The molecule has 0 spiro atoms. The number of nitrogens with zero attached hydrogens (tertiary/aromatic N) is 1. The van der Waals surface area contributed by atoms with Gasteiger partial charge in [0.25, 0.3) is 5.91 Å². The fraction of sp³-hybridized carbons (Fsp3) is 0.0769. The van der Waals surface area contributed by atoms with Crippen molar-refractivity contribution < 1.29 is 17.6 Å². The molecule has 0 aliphatic carbocycles. The maximum atomic E-state index is 13.2. The molecule has 1 amide bonds. The van der Waals surface area contributed by atoms with E-state index in [9.17, 15) is 17.6 Å². The lowest BCUT2D eigenvalue weighted by Crippen LogP contribution is -2.15. The summed E-state index contributed by atoms with van der Waals surface area (Å²) in [6, 6.07) is 6.18. The second-order valence-electron chi connectivity index (χ2n) is 4.11. The van der Waals surface area contributed by atoms with E-state index in [0.717, 1.165) is 24.5 Å². The van der Waals surface area contributed by atoms with Crippen LogP contribution in [0.25, 0.3) is 0 Å². The van der Waals surface area contributed by atoms with Crippen LogP contribution in [0.15, 0.2) is 47.6 Å². The van der Waals surface area contributed by atoms with Crippen molar-refractivity contribution in [3.05, 3.63) is 54.1 Å². The predicted molar refractivity (Wildman–Crippen MR) is 71.7 cm³/mol. The summed E-state index contributed by atoms with van der Waals surface area (Å²) >= 11 is 0. The minimum atomic E-state index is -3.58. The first-order chi connectivity index (χ1) is 9.38. The molecule has 1 aromatic heterocycles. The molecular weight excluding hydrogens is 283 g/mol. The van der Waals surface area contributed by atoms with E-state index in [2.05, 4.69) is 10.3 Å². The van der Waals surface area contributed by atoms with Gasteiger partial charge in [0.15, 0.2) is 9.84 Å². The Bertz CT molecular complexity index is 745. The minimum Gasteiger partial charge on any atom is -0.321 e. The average molecular weight is 294 g/mol. The van der Waals surface area contributed by atoms with Gasteiger partial charge in [0.1, 0.15) is 5.82 Å². The lowest BCUT2D eigenvalue weighted by molar-refractivity contribution is 0.102. The third kappa shape index (κ3) is 3.18. The number of aromatic nitrogens is 1. The number of halogens is 1. The molecule has 0 aliphatic rings. The van der Waals surface area contributed by atoms with Crippen LogP contribution < -0.4 is 5.32 Å². The summed E-state index contributed by atoms with van der Waals surface area (Å²) in [7, 11) is -3.58. The molecule has 0 aliphatic heterocycles. The Balaban J connectivity index is 2.39. The van der Waals surface area contributed by atoms with Gasteiger partial charge >= 0.3 is 0 Å². The standard InChI is InChI=1S/C13H11FN2O3S/c1-20(18,19)12-5-4-10(14)7-11(12)16-13(17)9-3-2-6-15-8-9/h2-8H,1H3,(H,16,17). The van der Waals surface area contributed by atoms with Crippen molar-refractivity contribution in [3.63, 3.8) is 0 Å². The van der Waals surface area contributed by atoms with E-state index in [4.69, 9.17) is 0 Å². The summed E-state index contributed by atoms with van der Waals surface area (Å²) in [6.45, 7) is 0. The van der Waals surface area contributed by atoms with Crippen LogP contribution in [0.5, 0.6) is 0 Å². The molecule has 1 aromatic carbocycles. The average Bonchev–Trinajstić information content (AvgIpc) is 2.38. The summed E-state index contributed by atoms with van der Waals surface area (Å²) in [5.41, 5.74) is 0.151. The molecule has 0 radical (unpaired) electrons. The summed E-state index contributed by atoms with van der Waals surface area (Å²) in [4.78, 5) is 15.6. The van der Waals surface area contributed by atoms with Crippen molar-refractivity contribution in [2.75, 3.05) is 11.6 Å². The van der Waals surface area contributed by atoms with Crippen molar-refractivity contribution >= 4 is 21.4 Å². The molecule has 104 valence electrons. The van der Waals surface area contributed by atoms with E-state index >= 15 is 0 Å². The number of carbonyl (C=O) groups excluding carboxylic acids is 1. The van der Waals surface area contributed by atoms with Gasteiger partial charge in [-0.05, 0) is 30.3 Å². The van der Waals surface area contributed by atoms with Crippen LogP contribution in [0.2, 0.25) is 0 Å². The first kappa shape index (κ1) is 14.1. The third-order valence-corrected chi connectivity index (χ3v) is 3.67. The lowest BCUT2D eigenvalue weighted by atomic mass is 10.2. The Labute approximate surface area is 115 Å². The monoisotopic (exact) mass is 294 g/mol. The maximum Gasteiger partial charge on any atom is 0.257 e. The number of benzene rings is 1. The zero-order chi connectivity index (χ0) is 14.8. The number of amides is 1. The molecule has 0 atom stereocenters. The Morgan fingerprint density at radius 2 is 2.05 bits per heavy atom. The van der Waals surface area contributed by atoms with Gasteiger partial charge < -0.3 is 5.32 Å². The molecule has 0 bridgehead atoms. The van der Waals surface area contributed by atoms with E-state index in [1.807, 2.05) is 0 Å². The zero-order valence-corrected chi connectivity index (χ0v) is 11.3. The number of nitrogens with one attached hydrogen (secondary N) is 1. The Kier molecular flexibility index (Phi) is 3.80. The van der Waals surface area contributed by atoms with Crippen LogP contribution in [0.4, 0.5) is 10.1 Å². The summed E-state index contributed by atoms with van der Waals surface area (Å²) in [6.07, 6.45) is 3.82. The highest BCUT2D eigenvalue weighted by atomic mass is 32.2. The van der Waals surface area contributed by atoms with Gasteiger partial charge in [-0.3, -0.25) is 9.78 Å². The van der Waals surface area contributed by atoms with Crippen LogP contribution in [-0.2, 0) is 9.84 Å². The van der Waals surface area contributed by atoms with Crippen molar-refractivity contribution in [1.82, 2.24) is 4.98 Å². The molecule has 20 heavy (non-hydrogen) atoms. The molecule has 1 heterocycles. The van der Waals surface area contributed by atoms with Crippen molar-refractivity contribution in [2.45, 2.75) is 4.90 Å². The highest BCUT2D eigenvalue weighted by molar-refractivity contribution is 7.90. The fourth-order valence-corrected chi connectivity index (χ4v) is 2.44. The number of carbonyl (C=O) groups is 1. The summed E-state index contributed by atoms with van der Waals surface area (Å²) in [5.74, 6) is -1.20. The van der Waals surface area contributed by atoms with E-state index in [1.54, 1.807) is 6.07 Å². The molecular formula is C13H11FN2O3S. The van der Waals surface area contributed by atoms with Crippen LogP contribution in [0, 0.1) is 5.82 Å². The Morgan fingerprint density at radius 3 is 2.65 bits per heavy atom. The number of hydrogen-bond acceptors (Lipinski definition) is 4. The number of sulfone groups is 1. The lowest BCUT2D eigenvalue weighted by Gasteiger charge is -2.09. The second kappa shape index (κ2) is 5.38. The molecule has 1 N–H and O–H groups in total. The maximum absolute atomic E-state index is 13.2. The van der Waals surface area contributed by atoms with Crippen molar-refractivity contribution in [3.8, 4) is 0 Å². The second-order valence-corrected chi connectivity index (χ2v) is 6.09. The zero-order valence-electron chi connectivity index (χ0n) is 10.5. The first-order valence-electron chi connectivity index (χ1n) is 5.59. The predicted octanol–water partition coefficient (Wildman–Crippen LogP) is 1.88. The number of pyridine rings is 1. The van der Waals surface area contributed by atoms with E-state index < -0.39 is 21.6 Å². The topological polar surface area (TPSA) is 76.1 Å². The molecule has 2 rings (SSSR count). The molecule has 0 unspecified atom stereocenters. The third-order valence-electron chi connectivity index (χ3n) is 2.51. The van der Waals surface area contributed by atoms with Gasteiger partial charge in [-0.15, -0.1) is 0 Å². The Hall–Kier alpha value is -2.28. The molecule has 0 fully saturated rings. The number of hydrogen-bond donors (Lipinski definition) is 1. The quantitative estimate of drug-likeness (QED) is 0.877. The molecule has 0 saturated heterocycles. The molecule has 5 nitrogen and oxygen atoms in total. The van der Waals surface area contributed by atoms with Crippen LogP contribution in [0.1, 0.15) is 10.4 Å². The highest BCUT2D eigenvalue weighted by Gasteiger charge is 2.16. The van der Waals surface area contributed by atoms with Gasteiger partial charge in [-0.25, -0.2) is 12.8 Å². The molecule has 7 heteroatoms. The summed E-state index contributed by atoms with van der Waals surface area (Å²) < 4.78 is 36.4. The minimum absolute atomic E-state index is 0.0960. The van der Waals surface area contributed by atoms with Gasteiger partial charge in [0.2, 0.25) is 0 Å². The molecule has 0 saturated carbocycles. The number of rotatable bonds is 3. The van der Waals surface area contributed by atoms with Gasteiger partial charge in [-0.2, -0.15) is 0 Å². The van der Waals surface area contributed by atoms with E-state index in [-0.39, 0.29) is 16.1 Å². The summed E-state index contributed by atoms with van der Waals surface area (Å²) in [5, 5.41) is 2.38. The fourth-order valence-electron chi connectivity index (χ4n) is 1.61. The van der Waals surface area contributed by atoms with Crippen LogP contribution in [0.3, 0.4) is 0 Å². The largest absolute Gasteiger partial charge is 0.321 e.